The maximum Gasteiger partial charge on any atom is 0.201 e. The topological polar surface area (TPSA) is 43.8 Å². The van der Waals surface area contributed by atoms with Crippen LogP contribution in [0.4, 0.5) is 10.3 Å². The van der Waals surface area contributed by atoms with Crippen LogP contribution in [0.3, 0.4) is 0 Å². The number of aromatic nitrogens is 2. The van der Waals surface area contributed by atoms with Crippen molar-refractivity contribution in [2.75, 3.05) is 17.7 Å². The molecule has 2 N–H and O–H groups in total. The van der Waals surface area contributed by atoms with Gasteiger partial charge in [0.15, 0.2) is 5.82 Å². The van der Waals surface area contributed by atoms with Crippen molar-refractivity contribution in [2.45, 2.75) is 19.4 Å². The molecule has 0 saturated heterocycles. The van der Waals surface area contributed by atoms with E-state index in [9.17, 15) is 4.39 Å². The number of nitrogens with two attached hydrogens (primary N) is 1. The molecule has 2 aromatic rings. The second-order valence-electron chi connectivity index (χ2n) is 3.96. The van der Waals surface area contributed by atoms with Gasteiger partial charge in [-0.25, -0.2) is 9.37 Å². The van der Waals surface area contributed by atoms with Crippen LogP contribution < -0.4 is 5.73 Å². The van der Waals surface area contributed by atoms with E-state index in [1.807, 2.05) is 10.6 Å². The van der Waals surface area contributed by atoms with Crippen molar-refractivity contribution in [3.8, 4) is 0 Å². The molecule has 0 aliphatic rings. The van der Waals surface area contributed by atoms with Crippen LogP contribution in [0.2, 0.25) is 0 Å². The largest absolute Gasteiger partial charge is 0.369 e. The normalized spacial score (nSPS) is 13.1. The fourth-order valence-electron chi connectivity index (χ4n) is 2.05. The number of fused-ring (bicyclic) bond motifs is 1. The summed E-state index contributed by atoms with van der Waals surface area (Å²) in [6.07, 6.45) is 3.01. The number of nitrogens with zero attached hydrogens (tertiary/aromatic N) is 2. The van der Waals surface area contributed by atoms with Gasteiger partial charge in [-0.15, -0.1) is 0 Å². The van der Waals surface area contributed by atoms with Crippen molar-refractivity contribution in [3.63, 3.8) is 0 Å². The molecule has 1 unspecified atom stereocenters. The number of para-hydroxylation sites is 1. The predicted molar refractivity (Wildman–Crippen MR) is 71.8 cm³/mol. The van der Waals surface area contributed by atoms with E-state index < -0.39 is 0 Å². The smallest absolute Gasteiger partial charge is 0.201 e. The highest BCUT2D eigenvalue weighted by atomic mass is 32.2. The Kier molecular flexibility index (Phi) is 3.57. The molecule has 0 amide bonds. The highest BCUT2D eigenvalue weighted by molar-refractivity contribution is 7.98. The molecule has 1 heterocycles. The summed E-state index contributed by atoms with van der Waals surface area (Å²) in [5.41, 5.74) is 7.05. The molecule has 0 bridgehead atoms. The van der Waals surface area contributed by atoms with Gasteiger partial charge < -0.3 is 10.3 Å². The molecule has 0 aliphatic heterocycles. The van der Waals surface area contributed by atoms with Gasteiger partial charge in [-0.1, -0.05) is 13.0 Å². The van der Waals surface area contributed by atoms with Crippen LogP contribution in [0.15, 0.2) is 18.2 Å². The summed E-state index contributed by atoms with van der Waals surface area (Å²) in [5, 5.41) is 0. The third-order valence-electron chi connectivity index (χ3n) is 2.89. The number of anilines is 1. The van der Waals surface area contributed by atoms with Gasteiger partial charge in [-0.05, 0) is 24.8 Å². The molecule has 0 radical (unpaired) electrons. The summed E-state index contributed by atoms with van der Waals surface area (Å²) in [7, 11) is 0. The van der Waals surface area contributed by atoms with Gasteiger partial charge in [-0.2, -0.15) is 11.8 Å². The van der Waals surface area contributed by atoms with E-state index in [0.29, 0.717) is 11.5 Å². The van der Waals surface area contributed by atoms with E-state index in [2.05, 4.69) is 18.2 Å². The number of rotatable bonds is 4. The Hall–Kier alpha value is -1.23. The number of imidazole rings is 1. The summed E-state index contributed by atoms with van der Waals surface area (Å²) in [6, 6.07) is 5.23. The highest BCUT2D eigenvalue weighted by Gasteiger charge is 2.17. The van der Waals surface area contributed by atoms with E-state index >= 15 is 0 Å². The standard InChI is InChI=1S/C12H16FN3S/c1-3-8(7-17-2)16-10-6-4-5-9(13)11(10)15-12(16)14/h4-6,8H,3,7H2,1-2H3,(H2,14,15). The number of benzene rings is 1. The molecule has 0 aliphatic carbocycles. The monoisotopic (exact) mass is 253 g/mol. The minimum absolute atomic E-state index is 0.261. The number of halogens is 1. The van der Waals surface area contributed by atoms with Gasteiger partial charge in [0.2, 0.25) is 5.95 Å². The van der Waals surface area contributed by atoms with Gasteiger partial charge in [0.05, 0.1) is 5.52 Å². The minimum atomic E-state index is -0.313. The summed E-state index contributed by atoms with van der Waals surface area (Å²) >= 11 is 1.76. The van der Waals surface area contributed by atoms with Gasteiger partial charge in [-0.3, -0.25) is 0 Å². The van der Waals surface area contributed by atoms with E-state index in [4.69, 9.17) is 5.73 Å². The fraction of sp³-hybridized carbons (Fsp3) is 0.417. The van der Waals surface area contributed by atoms with Crippen LogP contribution >= 0.6 is 11.8 Å². The number of hydrogen-bond donors (Lipinski definition) is 1. The van der Waals surface area contributed by atoms with Crippen LogP contribution in [-0.2, 0) is 0 Å². The van der Waals surface area contributed by atoms with Crippen LogP contribution in [0.25, 0.3) is 11.0 Å². The van der Waals surface area contributed by atoms with Crippen molar-refractivity contribution >= 4 is 28.7 Å². The van der Waals surface area contributed by atoms with Crippen molar-refractivity contribution in [3.05, 3.63) is 24.0 Å². The lowest BCUT2D eigenvalue weighted by atomic mass is 10.2. The zero-order valence-corrected chi connectivity index (χ0v) is 10.8. The summed E-state index contributed by atoms with van der Waals surface area (Å²) in [6.45, 7) is 2.10. The number of nitrogen functional groups attached to an aromatic ring is 1. The van der Waals surface area contributed by atoms with Crippen LogP contribution in [0.5, 0.6) is 0 Å². The Labute approximate surface area is 104 Å². The molecule has 17 heavy (non-hydrogen) atoms. The molecule has 0 saturated carbocycles. The van der Waals surface area contributed by atoms with E-state index in [-0.39, 0.29) is 11.9 Å². The molecule has 1 aromatic heterocycles. The third-order valence-corrected chi connectivity index (χ3v) is 3.61. The first-order valence-corrected chi connectivity index (χ1v) is 6.99. The average molecular weight is 253 g/mol. The third kappa shape index (κ3) is 2.11. The van der Waals surface area contributed by atoms with Crippen molar-refractivity contribution in [1.82, 2.24) is 9.55 Å². The molecule has 92 valence electrons. The van der Waals surface area contributed by atoms with E-state index in [1.54, 1.807) is 17.8 Å². The van der Waals surface area contributed by atoms with Crippen LogP contribution in [0.1, 0.15) is 19.4 Å². The summed E-state index contributed by atoms with van der Waals surface area (Å²) < 4.78 is 15.5. The van der Waals surface area contributed by atoms with E-state index in [1.165, 1.54) is 6.07 Å². The Morgan fingerprint density at radius 3 is 2.94 bits per heavy atom. The Morgan fingerprint density at radius 1 is 1.53 bits per heavy atom. The second kappa shape index (κ2) is 4.96. The zero-order valence-electron chi connectivity index (χ0n) is 9.98. The number of thioether (sulfide) groups is 1. The molecule has 1 aromatic carbocycles. The highest BCUT2D eigenvalue weighted by Crippen LogP contribution is 2.27. The Bertz CT molecular complexity index is 524. The van der Waals surface area contributed by atoms with Crippen molar-refractivity contribution in [1.29, 1.82) is 0 Å². The molecule has 5 heteroatoms. The van der Waals surface area contributed by atoms with Gasteiger partial charge in [0.25, 0.3) is 0 Å². The Balaban J connectivity index is 2.59. The van der Waals surface area contributed by atoms with Gasteiger partial charge >= 0.3 is 0 Å². The fourth-order valence-corrected chi connectivity index (χ4v) is 2.82. The molecule has 0 fully saturated rings. The van der Waals surface area contributed by atoms with Gasteiger partial charge in [0.1, 0.15) is 5.52 Å². The average Bonchev–Trinajstić information content (AvgIpc) is 2.64. The molecule has 0 spiro atoms. The minimum Gasteiger partial charge on any atom is -0.369 e. The second-order valence-corrected chi connectivity index (χ2v) is 4.88. The predicted octanol–water partition coefficient (Wildman–Crippen LogP) is 3.07. The molecule has 3 nitrogen and oxygen atoms in total. The van der Waals surface area contributed by atoms with Gasteiger partial charge in [0, 0.05) is 11.8 Å². The molecular formula is C12H16FN3S. The summed E-state index contributed by atoms with van der Waals surface area (Å²) in [4.78, 5) is 4.12. The maximum absolute atomic E-state index is 13.6. The quantitative estimate of drug-likeness (QED) is 0.910. The molecule has 2 rings (SSSR count). The molecular weight excluding hydrogens is 237 g/mol. The summed E-state index contributed by atoms with van der Waals surface area (Å²) in [5.74, 6) is 1.03. The first kappa shape index (κ1) is 12.2. The van der Waals surface area contributed by atoms with Crippen molar-refractivity contribution < 1.29 is 4.39 Å². The Morgan fingerprint density at radius 2 is 2.29 bits per heavy atom. The lowest BCUT2D eigenvalue weighted by Gasteiger charge is -2.17. The molecule has 1 atom stereocenters. The van der Waals surface area contributed by atoms with E-state index in [0.717, 1.165) is 17.7 Å². The zero-order chi connectivity index (χ0) is 12.4. The first-order valence-electron chi connectivity index (χ1n) is 5.59. The first-order chi connectivity index (χ1) is 8.19. The van der Waals surface area contributed by atoms with Crippen molar-refractivity contribution in [2.24, 2.45) is 0 Å². The lowest BCUT2D eigenvalue weighted by molar-refractivity contribution is 0.560. The number of hydrogen-bond acceptors (Lipinski definition) is 3. The van der Waals surface area contributed by atoms with Crippen LogP contribution in [-0.4, -0.2) is 21.6 Å². The van der Waals surface area contributed by atoms with Crippen LogP contribution in [0, 0.1) is 5.82 Å². The lowest BCUT2D eigenvalue weighted by Crippen LogP contribution is -2.13. The maximum atomic E-state index is 13.6. The SMILES string of the molecule is CCC(CSC)n1c(N)nc2c(F)cccc21.